The van der Waals surface area contributed by atoms with Crippen molar-refractivity contribution in [3.63, 3.8) is 0 Å². The minimum atomic E-state index is 0.731. The molecule has 2 unspecified atom stereocenters. The van der Waals surface area contributed by atoms with Gasteiger partial charge in [0.15, 0.2) is 0 Å². The van der Waals surface area contributed by atoms with E-state index < -0.39 is 0 Å². The summed E-state index contributed by atoms with van der Waals surface area (Å²) in [4.78, 5) is 0. The highest BCUT2D eigenvalue weighted by molar-refractivity contribution is 5.48. The van der Waals surface area contributed by atoms with E-state index in [1.807, 2.05) is 6.07 Å². The van der Waals surface area contributed by atoms with Gasteiger partial charge in [-0.15, -0.1) is 0 Å². The SMILES string of the molecule is CCC1CC1NCc1cc(C)ccc1N. The van der Waals surface area contributed by atoms with Crippen LogP contribution in [0.2, 0.25) is 0 Å². The van der Waals surface area contributed by atoms with Crippen LogP contribution in [0.25, 0.3) is 0 Å². The van der Waals surface area contributed by atoms with E-state index in [1.54, 1.807) is 0 Å². The van der Waals surface area contributed by atoms with E-state index in [0.29, 0.717) is 0 Å². The van der Waals surface area contributed by atoms with Crippen LogP contribution in [0.1, 0.15) is 30.9 Å². The van der Waals surface area contributed by atoms with Gasteiger partial charge in [0.2, 0.25) is 0 Å². The van der Waals surface area contributed by atoms with Crippen molar-refractivity contribution in [2.75, 3.05) is 5.73 Å². The number of hydrogen-bond acceptors (Lipinski definition) is 2. The fourth-order valence-electron chi connectivity index (χ4n) is 2.08. The maximum atomic E-state index is 5.92. The molecule has 0 heterocycles. The minimum absolute atomic E-state index is 0.731. The highest BCUT2D eigenvalue weighted by Gasteiger charge is 2.34. The molecular weight excluding hydrogens is 184 g/mol. The third-order valence-corrected chi connectivity index (χ3v) is 3.30. The largest absolute Gasteiger partial charge is 0.398 e. The molecule has 0 amide bonds. The van der Waals surface area contributed by atoms with Crippen LogP contribution in [0.4, 0.5) is 5.69 Å². The minimum Gasteiger partial charge on any atom is -0.398 e. The average molecular weight is 204 g/mol. The number of aryl methyl sites for hydroxylation is 1. The molecule has 1 saturated carbocycles. The van der Waals surface area contributed by atoms with Gasteiger partial charge in [0.1, 0.15) is 0 Å². The number of nitrogens with two attached hydrogens (primary N) is 1. The van der Waals surface area contributed by atoms with Crippen molar-refractivity contribution in [1.82, 2.24) is 5.32 Å². The summed E-state index contributed by atoms with van der Waals surface area (Å²) in [5.74, 6) is 0.899. The van der Waals surface area contributed by atoms with Crippen LogP contribution in [-0.2, 0) is 6.54 Å². The molecular formula is C13H20N2. The van der Waals surface area contributed by atoms with E-state index in [0.717, 1.165) is 24.2 Å². The standard InChI is InChI=1S/C13H20N2/c1-3-10-7-13(10)15-8-11-6-9(2)4-5-12(11)14/h4-6,10,13,15H,3,7-8,14H2,1-2H3. The second-order valence-electron chi connectivity index (χ2n) is 4.59. The molecule has 0 aliphatic heterocycles. The Morgan fingerprint density at radius 2 is 2.27 bits per heavy atom. The molecule has 0 spiro atoms. The van der Waals surface area contributed by atoms with Gasteiger partial charge in [-0.25, -0.2) is 0 Å². The first kappa shape index (κ1) is 10.5. The van der Waals surface area contributed by atoms with Crippen LogP contribution in [0, 0.1) is 12.8 Å². The number of benzene rings is 1. The summed E-state index contributed by atoms with van der Waals surface area (Å²) in [6.45, 7) is 5.27. The summed E-state index contributed by atoms with van der Waals surface area (Å²) in [5, 5.41) is 3.56. The maximum Gasteiger partial charge on any atom is 0.0359 e. The maximum absolute atomic E-state index is 5.92. The number of nitrogen functional groups attached to an aromatic ring is 1. The quantitative estimate of drug-likeness (QED) is 0.739. The molecule has 1 aromatic carbocycles. The Kier molecular flexibility index (Phi) is 2.96. The predicted octanol–water partition coefficient (Wildman–Crippen LogP) is 2.47. The van der Waals surface area contributed by atoms with Crippen LogP contribution in [-0.4, -0.2) is 6.04 Å². The van der Waals surface area contributed by atoms with E-state index in [9.17, 15) is 0 Å². The zero-order chi connectivity index (χ0) is 10.8. The molecule has 2 rings (SSSR count). The first-order valence-corrected chi connectivity index (χ1v) is 5.79. The lowest BCUT2D eigenvalue weighted by Gasteiger charge is -2.08. The Bertz CT molecular complexity index is 346. The molecule has 0 bridgehead atoms. The molecule has 2 nitrogen and oxygen atoms in total. The summed E-state index contributed by atoms with van der Waals surface area (Å²) >= 11 is 0. The van der Waals surface area contributed by atoms with E-state index in [2.05, 4.69) is 31.3 Å². The van der Waals surface area contributed by atoms with Crippen molar-refractivity contribution in [3.8, 4) is 0 Å². The first-order valence-electron chi connectivity index (χ1n) is 5.79. The van der Waals surface area contributed by atoms with Gasteiger partial charge in [0.25, 0.3) is 0 Å². The Morgan fingerprint density at radius 3 is 2.93 bits per heavy atom. The molecule has 1 fully saturated rings. The second kappa shape index (κ2) is 4.23. The highest BCUT2D eigenvalue weighted by atomic mass is 15.0. The van der Waals surface area contributed by atoms with Crippen LogP contribution in [0.5, 0.6) is 0 Å². The molecule has 1 aromatic rings. The van der Waals surface area contributed by atoms with E-state index in [-0.39, 0.29) is 0 Å². The summed E-state index contributed by atoms with van der Waals surface area (Å²) in [7, 11) is 0. The zero-order valence-corrected chi connectivity index (χ0v) is 9.59. The molecule has 0 aromatic heterocycles. The van der Waals surface area contributed by atoms with Crippen molar-refractivity contribution < 1.29 is 0 Å². The van der Waals surface area contributed by atoms with E-state index in [1.165, 1.54) is 24.0 Å². The van der Waals surface area contributed by atoms with Crippen molar-refractivity contribution in [2.24, 2.45) is 5.92 Å². The lowest BCUT2D eigenvalue weighted by molar-refractivity contribution is 0.624. The monoisotopic (exact) mass is 204 g/mol. The fourth-order valence-corrected chi connectivity index (χ4v) is 2.08. The molecule has 0 saturated heterocycles. The Morgan fingerprint density at radius 1 is 1.47 bits per heavy atom. The van der Waals surface area contributed by atoms with Gasteiger partial charge in [0.05, 0.1) is 0 Å². The topological polar surface area (TPSA) is 38.0 Å². The van der Waals surface area contributed by atoms with Crippen molar-refractivity contribution in [3.05, 3.63) is 29.3 Å². The van der Waals surface area contributed by atoms with Gasteiger partial charge >= 0.3 is 0 Å². The number of hydrogen-bond donors (Lipinski definition) is 2. The molecule has 0 radical (unpaired) electrons. The first-order chi connectivity index (χ1) is 7.20. The van der Waals surface area contributed by atoms with Crippen molar-refractivity contribution >= 4 is 5.69 Å². The Hall–Kier alpha value is -1.02. The number of rotatable bonds is 4. The lowest BCUT2D eigenvalue weighted by Crippen LogP contribution is -2.18. The third kappa shape index (κ3) is 2.51. The van der Waals surface area contributed by atoms with E-state index >= 15 is 0 Å². The predicted molar refractivity (Wildman–Crippen MR) is 64.6 cm³/mol. The van der Waals surface area contributed by atoms with Gasteiger partial charge in [-0.05, 0) is 30.9 Å². The number of anilines is 1. The molecule has 2 atom stereocenters. The average Bonchev–Trinajstić information content (AvgIpc) is 2.98. The summed E-state index contributed by atoms with van der Waals surface area (Å²) in [6, 6.07) is 6.96. The summed E-state index contributed by atoms with van der Waals surface area (Å²) in [5.41, 5.74) is 9.34. The van der Waals surface area contributed by atoms with Crippen molar-refractivity contribution in [1.29, 1.82) is 0 Å². The fraction of sp³-hybridized carbons (Fsp3) is 0.538. The molecule has 82 valence electrons. The third-order valence-electron chi connectivity index (χ3n) is 3.30. The van der Waals surface area contributed by atoms with Gasteiger partial charge in [-0.1, -0.05) is 31.0 Å². The molecule has 15 heavy (non-hydrogen) atoms. The Labute approximate surface area is 91.9 Å². The van der Waals surface area contributed by atoms with Crippen LogP contribution >= 0.6 is 0 Å². The van der Waals surface area contributed by atoms with Gasteiger partial charge in [-0.3, -0.25) is 0 Å². The molecule has 1 aliphatic rings. The van der Waals surface area contributed by atoms with Gasteiger partial charge in [0, 0.05) is 18.3 Å². The molecule has 2 heteroatoms. The number of nitrogens with one attached hydrogen (secondary N) is 1. The normalized spacial score (nSPS) is 24.1. The second-order valence-corrected chi connectivity index (χ2v) is 4.59. The van der Waals surface area contributed by atoms with Gasteiger partial charge < -0.3 is 11.1 Å². The van der Waals surface area contributed by atoms with Crippen LogP contribution in [0.3, 0.4) is 0 Å². The smallest absolute Gasteiger partial charge is 0.0359 e. The zero-order valence-electron chi connectivity index (χ0n) is 9.59. The van der Waals surface area contributed by atoms with E-state index in [4.69, 9.17) is 5.73 Å². The summed E-state index contributed by atoms with van der Waals surface area (Å²) < 4.78 is 0. The molecule has 3 N–H and O–H groups in total. The van der Waals surface area contributed by atoms with Crippen LogP contribution in [0.15, 0.2) is 18.2 Å². The van der Waals surface area contributed by atoms with Gasteiger partial charge in [-0.2, -0.15) is 0 Å². The lowest BCUT2D eigenvalue weighted by atomic mass is 10.1. The van der Waals surface area contributed by atoms with Crippen LogP contribution < -0.4 is 11.1 Å². The highest BCUT2D eigenvalue weighted by Crippen LogP contribution is 2.33. The van der Waals surface area contributed by atoms with Crippen molar-refractivity contribution in [2.45, 2.75) is 39.3 Å². The molecule has 1 aliphatic carbocycles. The Balaban J connectivity index is 1.91. The summed E-state index contributed by atoms with van der Waals surface area (Å²) in [6.07, 6.45) is 2.63.